The molecule has 2 aromatic carbocycles. The lowest BCUT2D eigenvalue weighted by Crippen LogP contribution is -2.18. The van der Waals surface area contributed by atoms with Crippen molar-refractivity contribution in [1.82, 2.24) is 15.1 Å². The minimum Gasteiger partial charge on any atom is -0.490 e. The van der Waals surface area contributed by atoms with Gasteiger partial charge in [0, 0.05) is 17.3 Å². The molecule has 0 radical (unpaired) electrons. The van der Waals surface area contributed by atoms with Crippen molar-refractivity contribution in [3.8, 4) is 22.7 Å². The minimum atomic E-state index is -0.272. The van der Waals surface area contributed by atoms with Crippen molar-refractivity contribution < 1.29 is 9.53 Å². The molecule has 1 aliphatic rings. The van der Waals surface area contributed by atoms with Gasteiger partial charge in [-0.15, -0.1) is 0 Å². The largest absolute Gasteiger partial charge is 0.490 e. The molecule has 1 fully saturated rings. The van der Waals surface area contributed by atoms with Crippen molar-refractivity contribution in [2.75, 3.05) is 6.61 Å². The highest BCUT2D eigenvalue weighted by Crippen LogP contribution is 2.31. The van der Waals surface area contributed by atoms with E-state index in [4.69, 9.17) is 15.2 Å². The second kappa shape index (κ2) is 8.20. The summed E-state index contributed by atoms with van der Waals surface area (Å²) < 4.78 is 7.33. The Morgan fingerprint density at radius 3 is 2.59 bits per heavy atom. The lowest BCUT2D eigenvalue weighted by atomic mass is 10.1. The van der Waals surface area contributed by atoms with Crippen LogP contribution in [-0.4, -0.2) is 27.5 Å². The maximum Gasteiger partial charge on any atom is 0.264 e. The van der Waals surface area contributed by atoms with Gasteiger partial charge in [-0.1, -0.05) is 30.9 Å². The third-order valence-corrected chi connectivity index (χ3v) is 5.04. The average molecular weight is 402 g/mol. The van der Waals surface area contributed by atoms with Crippen molar-refractivity contribution in [1.29, 1.82) is 5.41 Å². The SMILES string of the molecule is C=CCOc1ccc(-c2nn(-c3ccccc3)cc2C=C2SC(=N)NC2=O)cc1. The number of para-hydroxylation sites is 1. The van der Waals surface area contributed by atoms with Gasteiger partial charge in [-0.25, -0.2) is 4.68 Å². The van der Waals surface area contributed by atoms with Gasteiger partial charge < -0.3 is 10.1 Å². The van der Waals surface area contributed by atoms with E-state index < -0.39 is 0 Å². The zero-order valence-corrected chi connectivity index (χ0v) is 16.3. The van der Waals surface area contributed by atoms with Crippen molar-refractivity contribution in [2.45, 2.75) is 0 Å². The van der Waals surface area contributed by atoms with E-state index in [1.54, 1.807) is 16.8 Å². The Balaban J connectivity index is 1.76. The number of hydrogen-bond donors (Lipinski definition) is 2. The number of hydrogen-bond acceptors (Lipinski definition) is 5. The van der Waals surface area contributed by atoms with Gasteiger partial charge in [-0.05, 0) is 54.2 Å². The molecule has 0 spiro atoms. The molecule has 2 N–H and O–H groups in total. The fraction of sp³-hybridized carbons (Fsp3) is 0.0455. The summed E-state index contributed by atoms with van der Waals surface area (Å²) in [6.45, 7) is 4.09. The molecule has 6 nitrogen and oxygen atoms in total. The first-order valence-corrected chi connectivity index (χ1v) is 9.74. The number of nitrogens with zero attached hydrogens (tertiary/aromatic N) is 2. The van der Waals surface area contributed by atoms with E-state index in [0.717, 1.165) is 40.0 Å². The molecule has 2 heterocycles. The van der Waals surface area contributed by atoms with Crippen molar-refractivity contribution in [3.63, 3.8) is 0 Å². The van der Waals surface area contributed by atoms with Crippen LogP contribution in [0.1, 0.15) is 5.56 Å². The fourth-order valence-corrected chi connectivity index (χ4v) is 3.57. The minimum absolute atomic E-state index is 0.127. The maximum atomic E-state index is 12.1. The summed E-state index contributed by atoms with van der Waals surface area (Å²) >= 11 is 1.11. The highest BCUT2D eigenvalue weighted by atomic mass is 32.2. The first-order chi connectivity index (χ1) is 14.1. The molecule has 4 rings (SSSR count). The number of nitrogens with one attached hydrogen (secondary N) is 2. The topological polar surface area (TPSA) is 80.0 Å². The molecular formula is C22H18N4O2S. The second-order valence-corrected chi connectivity index (χ2v) is 7.28. The molecule has 144 valence electrons. The number of aromatic nitrogens is 2. The third-order valence-electron chi connectivity index (χ3n) is 4.21. The van der Waals surface area contributed by atoms with Crippen LogP contribution in [0.3, 0.4) is 0 Å². The average Bonchev–Trinajstić information content (AvgIpc) is 3.30. The molecule has 0 aliphatic carbocycles. The van der Waals surface area contributed by atoms with Gasteiger partial charge in [0.2, 0.25) is 0 Å². The lowest BCUT2D eigenvalue weighted by molar-refractivity contribution is -0.115. The molecule has 0 bridgehead atoms. The van der Waals surface area contributed by atoms with Crippen LogP contribution in [0.25, 0.3) is 23.0 Å². The number of ether oxygens (including phenoxy) is 1. The molecular weight excluding hydrogens is 384 g/mol. The van der Waals surface area contributed by atoms with Crippen molar-refractivity contribution >= 4 is 28.9 Å². The van der Waals surface area contributed by atoms with E-state index in [1.807, 2.05) is 60.8 Å². The smallest absolute Gasteiger partial charge is 0.264 e. The molecule has 0 atom stereocenters. The van der Waals surface area contributed by atoms with Crippen molar-refractivity contribution in [3.05, 3.63) is 83.9 Å². The van der Waals surface area contributed by atoms with Crippen LogP contribution in [0.4, 0.5) is 0 Å². The van der Waals surface area contributed by atoms with E-state index in [2.05, 4.69) is 11.9 Å². The molecule has 7 heteroatoms. The number of carbonyl (C=O) groups is 1. The molecule has 3 aromatic rings. The molecule has 1 aliphatic heterocycles. The standard InChI is InChI=1S/C22H18N4O2S/c1-2-12-28-18-10-8-15(9-11-18)20-16(13-19-21(27)24-22(23)29-19)14-26(25-20)17-6-4-3-5-7-17/h2-11,13-14H,1,12H2,(H2,23,24,27). The van der Waals surface area contributed by atoms with Gasteiger partial charge in [0.15, 0.2) is 5.17 Å². The van der Waals surface area contributed by atoms with Crippen LogP contribution in [-0.2, 0) is 4.79 Å². The van der Waals surface area contributed by atoms with Gasteiger partial charge in [0.05, 0.1) is 16.3 Å². The Kier molecular flexibility index (Phi) is 5.31. The van der Waals surface area contributed by atoms with E-state index in [1.165, 1.54) is 0 Å². The van der Waals surface area contributed by atoms with E-state index in [0.29, 0.717) is 11.5 Å². The highest BCUT2D eigenvalue weighted by molar-refractivity contribution is 8.18. The van der Waals surface area contributed by atoms with Crippen LogP contribution in [0.2, 0.25) is 0 Å². The molecule has 1 aromatic heterocycles. The molecule has 1 saturated heterocycles. The number of rotatable bonds is 6. The molecule has 0 saturated carbocycles. The summed E-state index contributed by atoms with van der Waals surface area (Å²) in [5.41, 5.74) is 3.35. The lowest BCUT2D eigenvalue weighted by Gasteiger charge is -2.05. The summed E-state index contributed by atoms with van der Waals surface area (Å²) in [6.07, 6.45) is 5.35. The Bertz CT molecular complexity index is 1100. The normalized spacial score (nSPS) is 14.8. The zero-order valence-electron chi connectivity index (χ0n) is 15.5. The third kappa shape index (κ3) is 4.14. The number of benzene rings is 2. The maximum absolute atomic E-state index is 12.1. The first-order valence-electron chi connectivity index (χ1n) is 8.93. The molecule has 1 amide bonds. The summed E-state index contributed by atoms with van der Waals surface area (Å²) in [6, 6.07) is 17.4. The van der Waals surface area contributed by atoms with Crippen LogP contribution in [0, 0.1) is 5.41 Å². The molecule has 0 unspecified atom stereocenters. The second-order valence-electron chi connectivity index (χ2n) is 6.23. The van der Waals surface area contributed by atoms with Gasteiger partial charge >= 0.3 is 0 Å². The van der Waals surface area contributed by atoms with E-state index in [9.17, 15) is 4.79 Å². The van der Waals surface area contributed by atoms with Gasteiger partial charge in [0.25, 0.3) is 5.91 Å². The van der Waals surface area contributed by atoms with Crippen LogP contribution in [0.15, 0.2) is 78.4 Å². The summed E-state index contributed by atoms with van der Waals surface area (Å²) in [4.78, 5) is 12.5. The van der Waals surface area contributed by atoms with Crippen LogP contribution >= 0.6 is 11.8 Å². The predicted molar refractivity (Wildman–Crippen MR) is 116 cm³/mol. The monoisotopic (exact) mass is 402 g/mol. The Morgan fingerprint density at radius 2 is 1.93 bits per heavy atom. The summed E-state index contributed by atoms with van der Waals surface area (Å²) in [7, 11) is 0. The number of thioether (sulfide) groups is 1. The Hall–Kier alpha value is -3.58. The van der Waals surface area contributed by atoms with E-state index >= 15 is 0 Å². The first kappa shape index (κ1) is 18.8. The molecule has 29 heavy (non-hydrogen) atoms. The van der Waals surface area contributed by atoms with Crippen LogP contribution in [0.5, 0.6) is 5.75 Å². The van der Waals surface area contributed by atoms with Gasteiger partial charge in [-0.2, -0.15) is 5.10 Å². The van der Waals surface area contributed by atoms with E-state index in [-0.39, 0.29) is 11.1 Å². The fourth-order valence-electron chi connectivity index (χ4n) is 2.88. The number of amidine groups is 1. The summed E-state index contributed by atoms with van der Waals surface area (Å²) in [5.74, 6) is 0.474. The zero-order chi connectivity index (χ0) is 20.2. The summed E-state index contributed by atoms with van der Waals surface area (Å²) in [5, 5.41) is 15.0. The predicted octanol–water partition coefficient (Wildman–Crippen LogP) is 4.24. The van der Waals surface area contributed by atoms with Crippen molar-refractivity contribution in [2.24, 2.45) is 0 Å². The number of amides is 1. The van der Waals surface area contributed by atoms with Gasteiger partial charge in [0.1, 0.15) is 12.4 Å². The Morgan fingerprint density at radius 1 is 1.17 bits per heavy atom. The quantitative estimate of drug-likeness (QED) is 0.477. The Labute approximate surface area is 172 Å². The van der Waals surface area contributed by atoms with Gasteiger partial charge in [-0.3, -0.25) is 10.2 Å². The number of carbonyl (C=O) groups excluding carboxylic acids is 1. The van der Waals surface area contributed by atoms with Crippen LogP contribution < -0.4 is 10.1 Å². The highest BCUT2D eigenvalue weighted by Gasteiger charge is 2.23.